The predicted octanol–water partition coefficient (Wildman–Crippen LogP) is 5.21. The molecule has 0 radical (unpaired) electrons. The maximum Gasteiger partial charge on any atom is 0.262 e. The summed E-state index contributed by atoms with van der Waals surface area (Å²) in [6.45, 7) is 1.86. The van der Waals surface area contributed by atoms with Gasteiger partial charge in [-0.15, -0.1) is 0 Å². The van der Waals surface area contributed by atoms with Gasteiger partial charge < -0.3 is 15.0 Å². The number of halogens is 1. The first kappa shape index (κ1) is 18.1. The maximum atomic E-state index is 12.3. The molecule has 2 N–H and O–H groups in total. The lowest BCUT2D eigenvalue weighted by Crippen LogP contribution is -2.20. The molecule has 0 aliphatic rings. The monoisotopic (exact) mass is 391 g/mol. The number of ether oxygens (including phenoxy) is 1. The second-order valence-electron chi connectivity index (χ2n) is 6.40. The number of aryl methyl sites for hydroxylation is 1. The van der Waals surface area contributed by atoms with Gasteiger partial charge in [-0.05, 0) is 48.9 Å². The Kier molecular flexibility index (Phi) is 5.00. The summed E-state index contributed by atoms with van der Waals surface area (Å²) in [6, 6.07) is 20.6. The standard InChI is InChI=1S/C22H18ClN3O2/c1-14-6-2-5-9-20(14)28-13-21(27)24-15-10-11-17(23)16(12-15)22-25-18-7-3-4-8-19(18)26-22/h2-12H,13H2,1H3,(H,24,27)(H,25,26). The Morgan fingerprint density at radius 1 is 1.11 bits per heavy atom. The number of amides is 1. The van der Waals surface area contributed by atoms with Crippen LogP contribution in [0.1, 0.15) is 5.56 Å². The largest absolute Gasteiger partial charge is 0.483 e. The van der Waals surface area contributed by atoms with Gasteiger partial charge in [-0.3, -0.25) is 4.79 Å². The molecule has 3 aromatic carbocycles. The lowest BCUT2D eigenvalue weighted by Gasteiger charge is -2.10. The summed E-state index contributed by atoms with van der Waals surface area (Å²) in [5.74, 6) is 1.09. The van der Waals surface area contributed by atoms with Gasteiger partial charge >= 0.3 is 0 Å². The van der Waals surface area contributed by atoms with Crippen LogP contribution >= 0.6 is 11.6 Å². The number of H-pyrrole nitrogens is 1. The van der Waals surface area contributed by atoms with E-state index in [1.807, 2.05) is 55.5 Å². The third-order valence-corrected chi connectivity index (χ3v) is 4.68. The Balaban J connectivity index is 1.50. The zero-order valence-corrected chi connectivity index (χ0v) is 16.0. The molecular formula is C22H18ClN3O2. The fraction of sp³-hybridized carbons (Fsp3) is 0.0909. The Hall–Kier alpha value is -3.31. The number of hydrogen-bond donors (Lipinski definition) is 2. The molecule has 0 fully saturated rings. The minimum Gasteiger partial charge on any atom is -0.483 e. The van der Waals surface area contributed by atoms with E-state index in [1.54, 1.807) is 18.2 Å². The van der Waals surface area contributed by atoms with Crippen molar-refractivity contribution < 1.29 is 9.53 Å². The Morgan fingerprint density at radius 2 is 1.89 bits per heavy atom. The van der Waals surface area contributed by atoms with Crippen LogP contribution in [0.5, 0.6) is 5.75 Å². The van der Waals surface area contributed by atoms with E-state index in [4.69, 9.17) is 16.3 Å². The summed E-state index contributed by atoms with van der Waals surface area (Å²) in [4.78, 5) is 20.1. The number of anilines is 1. The second-order valence-corrected chi connectivity index (χ2v) is 6.81. The maximum absolute atomic E-state index is 12.3. The third-order valence-electron chi connectivity index (χ3n) is 4.35. The number of nitrogens with zero attached hydrogens (tertiary/aromatic N) is 1. The van der Waals surface area contributed by atoms with Crippen molar-refractivity contribution in [3.8, 4) is 17.1 Å². The van der Waals surface area contributed by atoms with Gasteiger partial charge in [0.25, 0.3) is 5.91 Å². The minimum atomic E-state index is -0.249. The van der Waals surface area contributed by atoms with E-state index in [0.29, 0.717) is 22.3 Å². The van der Waals surface area contributed by atoms with Crippen molar-refractivity contribution in [3.05, 3.63) is 77.3 Å². The minimum absolute atomic E-state index is 0.0759. The normalized spacial score (nSPS) is 10.8. The number of carbonyl (C=O) groups excluding carboxylic acids is 1. The highest BCUT2D eigenvalue weighted by Gasteiger charge is 2.12. The van der Waals surface area contributed by atoms with Crippen molar-refractivity contribution in [2.75, 3.05) is 11.9 Å². The molecule has 1 aromatic heterocycles. The molecule has 0 saturated carbocycles. The lowest BCUT2D eigenvalue weighted by molar-refractivity contribution is -0.118. The van der Waals surface area contributed by atoms with Crippen LogP contribution in [0.2, 0.25) is 5.02 Å². The number of hydrogen-bond acceptors (Lipinski definition) is 3. The van der Waals surface area contributed by atoms with Crippen molar-refractivity contribution >= 4 is 34.2 Å². The van der Waals surface area contributed by atoms with Gasteiger partial charge in [0.2, 0.25) is 0 Å². The number of aromatic nitrogens is 2. The van der Waals surface area contributed by atoms with Gasteiger partial charge in [0.05, 0.1) is 16.1 Å². The average Bonchev–Trinajstić information content (AvgIpc) is 3.13. The van der Waals surface area contributed by atoms with E-state index in [-0.39, 0.29) is 12.5 Å². The number of fused-ring (bicyclic) bond motifs is 1. The molecule has 5 nitrogen and oxygen atoms in total. The molecule has 1 heterocycles. The van der Waals surface area contributed by atoms with E-state index in [1.165, 1.54) is 0 Å². The first-order valence-electron chi connectivity index (χ1n) is 8.83. The van der Waals surface area contributed by atoms with Crippen molar-refractivity contribution in [1.29, 1.82) is 0 Å². The van der Waals surface area contributed by atoms with Gasteiger partial charge in [0, 0.05) is 11.3 Å². The van der Waals surface area contributed by atoms with Crippen LogP contribution in [0.3, 0.4) is 0 Å². The van der Waals surface area contributed by atoms with Gasteiger partial charge in [-0.1, -0.05) is 41.9 Å². The Morgan fingerprint density at radius 3 is 2.71 bits per heavy atom. The molecule has 0 aliphatic carbocycles. The van der Waals surface area contributed by atoms with Crippen LogP contribution in [0, 0.1) is 6.92 Å². The predicted molar refractivity (Wildman–Crippen MR) is 112 cm³/mol. The molecule has 0 bridgehead atoms. The van der Waals surface area contributed by atoms with E-state index in [0.717, 1.165) is 22.2 Å². The number of aromatic amines is 1. The zero-order valence-electron chi connectivity index (χ0n) is 15.2. The fourth-order valence-electron chi connectivity index (χ4n) is 2.92. The average molecular weight is 392 g/mol. The van der Waals surface area contributed by atoms with E-state index in [9.17, 15) is 4.79 Å². The summed E-state index contributed by atoms with van der Waals surface area (Å²) in [6.07, 6.45) is 0. The van der Waals surface area contributed by atoms with E-state index in [2.05, 4.69) is 15.3 Å². The van der Waals surface area contributed by atoms with Gasteiger partial charge in [0.15, 0.2) is 6.61 Å². The summed E-state index contributed by atoms with van der Waals surface area (Å²) >= 11 is 6.36. The SMILES string of the molecule is Cc1ccccc1OCC(=O)Nc1ccc(Cl)c(-c2nc3ccccc3[nH]2)c1. The molecular weight excluding hydrogens is 374 g/mol. The smallest absolute Gasteiger partial charge is 0.262 e. The molecule has 0 atom stereocenters. The lowest BCUT2D eigenvalue weighted by atomic mass is 10.2. The van der Waals surface area contributed by atoms with Crippen LogP contribution in [0.15, 0.2) is 66.7 Å². The fourth-order valence-corrected chi connectivity index (χ4v) is 3.13. The molecule has 1 amide bonds. The molecule has 0 aliphatic heterocycles. The van der Waals surface area contributed by atoms with E-state index < -0.39 is 0 Å². The summed E-state index contributed by atoms with van der Waals surface area (Å²) in [5.41, 5.74) is 4.10. The number of para-hydroxylation sites is 3. The second kappa shape index (κ2) is 7.74. The quantitative estimate of drug-likeness (QED) is 0.490. The van der Waals surface area contributed by atoms with Crippen LogP contribution in [0.4, 0.5) is 5.69 Å². The first-order valence-corrected chi connectivity index (χ1v) is 9.21. The third kappa shape index (κ3) is 3.85. The molecule has 28 heavy (non-hydrogen) atoms. The van der Waals surface area contributed by atoms with Crippen LogP contribution in [-0.2, 0) is 4.79 Å². The van der Waals surface area contributed by atoms with Crippen LogP contribution in [0.25, 0.3) is 22.4 Å². The topological polar surface area (TPSA) is 67.0 Å². The zero-order chi connectivity index (χ0) is 19.5. The van der Waals surface area contributed by atoms with Crippen LogP contribution in [-0.4, -0.2) is 22.5 Å². The van der Waals surface area contributed by atoms with Crippen LogP contribution < -0.4 is 10.1 Å². The molecule has 140 valence electrons. The van der Waals surface area contributed by atoms with Crippen molar-refractivity contribution in [1.82, 2.24) is 9.97 Å². The van der Waals surface area contributed by atoms with Gasteiger partial charge in [-0.25, -0.2) is 4.98 Å². The molecule has 0 unspecified atom stereocenters. The molecule has 4 aromatic rings. The number of nitrogens with one attached hydrogen (secondary N) is 2. The first-order chi connectivity index (χ1) is 13.6. The van der Waals surface area contributed by atoms with Gasteiger partial charge in [0.1, 0.15) is 11.6 Å². The van der Waals surface area contributed by atoms with Gasteiger partial charge in [-0.2, -0.15) is 0 Å². The van der Waals surface area contributed by atoms with E-state index >= 15 is 0 Å². The number of imidazole rings is 1. The van der Waals surface area contributed by atoms with Crippen molar-refractivity contribution in [2.24, 2.45) is 0 Å². The highest BCUT2D eigenvalue weighted by molar-refractivity contribution is 6.33. The highest BCUT2D eigenvalue weighted by atomic mass is 35.5. The number of carbonyl (C=O) groups is 1. The molecule has 6 heteroatoms. The highest BCUT2D eigenvalue weighted by Crippen LogP contribution is 2.30. The summed E-state index contributed by atoms with van der Waals surface area (Å²) in [7, 11) is 0. The summed E-state index contributed by atoms with van der Waals surface area (Å²) < 4.78 is 5.59. The molecule has 0 spiro atoms. The molecule has 4 rings (SSSR count). The Labute approximate surface area is 167 Å². The summed E-state index contributed by atoms with van der Waals surface area (Å²) in [5, 5.41) is 3.39. The van der Waals surface area contributed by atoms with Crippen molar-refractivity contribution in [3.63, 3.8) is 0 Å². The molecule has 0 saturated heterocycles. The number of rotatable bonds is 5. The Bertz CT molecular complexity index is 1120. The number of benzene rings is 3. The van der Waals surface area contributed by atoms with Crippen molar-refractivity contribution in [2.45, 2.75) is 6.92 Å².